The third-order valence-corrected chi connectivity index (χ3v) is 5.68. The Balaban J connectivity index is 1.60. The van der Waals surface area contributed by atoms with Gasteiger partial charge < -0.3 is 4.74 Å². The minimum atomic E-state index is -0.301. The molecule has 0 spiro atoms. The third-order valence-electron chi connectivity index (χ3n) is 4.50. The number of hydrazone groups is 1. The first-order valence-corrected chi connectivity index (χ1v) is 11.0. The van der Waals surface area contributed by atoms with Crippen LogP contribution in [0.5, 0.6) is 5.75 Å². The van der Waals surface area contributed by atoms with Crippen LogP contribution in [0.2, 0.25) is 0 Å². The van der Waals surface area contributed by atoms with Gasteiger partial charge in [-0.05, 0) is 98.8 Å². The number of rotatable bonds is 6. The Labute approximate surface area is 198 Å². The first-order valence-electron chi connectivity index (χ1n) is 9.40. The average Bonchev–Trinajstić information content (AvgIpc) is 2.77. The number of hydrogen-bond donors (Lipinski definition) is 1. The molecule has 156 valence electrons. The number of amides is 1. The van der Waals surface area contributed by atoms with Gasteiger partial charge in [-0.15, -0.1) is 0 Å². The van der Waals surface area contributed by atoms with Gasteiger partial charge >= 0.3 is 0 Å². The monoisotopic (exact) mass is 539 g/mol. The van der Waals surface area contributed by atoms with Crippen molar-refractivity contribution in [3.05, 3.63) is 97.4 Å². The SMILES string of the molecule is C/C(=N\NC(=O)c1ccc(COc2c(Br)cc(C)cc2Br)cc1)c1ccc(C#N)cc1. The number of carbonyl (C=O) groups is 1. The zero-order valence-corrected chi connectivity index (χ0v) is 20.1. The number of nitriles is 1. The summed E-state index contributed by atoms with van der Waals surface area (Å²) >= 11 is 7.04. The highest BCUT2D eigenvalue weighted by Crippen LogP contribution is 2.35. The minimum Gasteiger partial charge on any atom is -0.487 e. The van der Waals surface area contributed by atoms with E-state index in [1.54, 1.807) is 43.3 Å². The van der Waals surface area contributed by atoms with Crippen molar-refractivity contribution < 1.29 is 9.53 Å². The summed E-state index contributed by atoms with van der Waals surface area (Å²) in [6.45, 7) is 4.18. The van der Waals surface area contributed by atoms with E-state index >= 15 is 0 Å². The van der Waals surface area contributed by atoms with Crippen LogP contribution in [0.3, 0.4) is 0 Å². The molecule has 0 saturated carbocycles. The van der Waals surface area contributed by atoms with Crippen LogP contribution >= 0.6 is 31.9 Å². The number of benzene rings is 3. The number of hydrogen-bond acceptors (Lipinski definition) is 4. The minimum absolute atomic E-state index is 0.301. The Kier molecular flexibility index (Phi) is 7.61. The summed E-state index contributed by atoms with van der Waals surface area (Å²) in [6.07, 6.45) is 0. The fraction of sp³-hybridized carbons (Fsp3) is 0.125. The lowest BCUT2D eigenvalue weighted by Gasteiger charge is -2.11. The lowest BCUT2D eigenvalue weighted by Crippen LogP contribution is -2.19. The molecule has 0 heterocycles. The molecule has 0 aromatic heterocycles. The maximum atomic E-state index is 12.4. The summed E-state index contributed by atoms with van der Waals surface area (Å²) in [6, 6.07) is 20.2. The van der Waals surface area contributed by atoms with Crippen LogP contribution in [-0.2, 0) is 6.61 Å². The predicted octanol–water partition coefficient (Wildman–Crippen LogP) is 6.12. The fourth-order valence-corrected chi connectivity index (χ4v) is 4.43. The van der Waals surface area contributed by atoms with E-state index in [0.29, 0.717) is 23.4 Å². The number of nitrogens with zero attached hydrogens (tertiary/aromatic N) is 2. The van der Waals surface area contributed by atoms with E-state index in [1.165, 1.54) is 0 Å². The van der Waals surface area contributed by atoms with Crippen molar-refractivity contribution in [1.29, 1.82) is 5.26 Å². The maximum absolute atomic E-state index is 12.4. The van der Waals surface area contributed by atoms with Gasteiger partial charge in [0.2, 0.25) is 0 Å². The van der Waals surface area contributed by atoms with Gasteiger partial charge in [0.25, 0.3) is 5.91 Å². The molecule has 31 heavy (non-hydrogen) atoms. The van der Waals surface area contributed by atoms with Gasteiger partial charge in [0, 0.05) is 5.56 Å². The molecule has 0 bridgehead atoms. The molecule has 0 radical (unpaired) electrons. The maximum Gasteiger partial charge on any atom is 0.271 e. The molecule has 0 saturated heterocycles. The Morgan fingerprint density at radius 2 is 1.61 bits per heavy atom. The van der Waals surface area contributed by atoms with Gasteiger partial charge in [-0.2, -0.15) is 10.4 Å². The van der Waals surface area contributed by atoms with Crippen LogP contribution in [0.4, 0.5) is 0 Å². The van der Waals surface area contributed by atoms with Crippen LogP contribution in [0.15, 0.2) is 74.7 Å². The summed E-state index contributed by atoms with van der Waals surface area (Å²) in [5, 5.41) is 13.0. The number of ether oxygens (including phenoxy) is 1. The highest BCUT2D eigenvalue weighted by molar-refractivity contribution is 9.11. The summed E-state index contributed by atoms with van der Waals surface area (Å²) in [5.74, 6) is 0.435. The molecule has 5 nitrogen and oxygen atoms in total. The van der Waals surface area contributed by atoms with Gasteiger partial charge in [0.15, 0.2) is 0 Å². The Bertz CT molecular complexity index is 1140. The van der Waals surface area contributed by atoms with Crippen molar-refractivity contribution in [1.82, 2.24) is 5.43 Å². The van der Waals surface area contributed by atoms with E-state index in [2.05, 4.69) is 48.5 Å². The third kappa shape index (κ3) is 6.03. The van der Waals surface area contributed by atoms with Crippen molar-refractivity contribution >= 4 is 43.5 Å². The van der Waals surface area contributed by atoms with E-state index in [9.17, 15) is 4.79 Å². The topological polar surface area (TPSA) is 74.5 Å². The zero-order valence-electron chi connectivity index (χ0n) is 16.9. The van der Waals surface area contributed by atoms with Crippen LogP contribution in [-0.4, -0.2) is 11.6 Å². The molecule has 3 aromatic rings. The molecule has 3 rings (SSSR count). The summed E-state index contributed by atoms with van der Waals surface area (Å²) in [7, 11) is 0. The summed E-state index contributed by atoms with van der Waals surface area (Å²) in [5.41, 5.74) is 7.18. The zero-order chi connectivity index (χ0) is 22.4. The highest BCUT2D eigenvalue weighted by Gasteiger charge is 2.09. The Morgan fingerprint density at radius 1 is 1.03 bits per heavy atom. The van der Waals surface area contributed by atoms with Crippen molar-refractivity contribution in [3.63, 3.8) is 0 Å². The number of aryl methyl sites for hydroxylation is 1. The standard InChI is InChI=1S/C24H19Br2N3O2/c1-15-11-21(25)23(22(26)12-15)31-14-18-5-9-20(10-6-18)24(30)29-28-16(2)19-7-3-17(13-27)4-8-19/h3-12H,14H2,1-2H3,(H,29,30)/b28-16+. The highest BCUT2D eigenvalue weighted by atomic mass is 79.9. The van der Waals surface area contributed by atoms with Crippen LogP contribution in [0.25, 0.3) is 0 Å². The lowest BCUT2D eigenvalue weighted by atomic mass is 10.1. The smallest absolute Gasteiger partial charge is 0.271 e. The molecule has 0 fully saturated rings. The molecule has 3 aromatic carbocycles. The second-order valence-electron chi connectivity index (χ2n) is 6.87. The fourth-order valence-electron chi connectivity index (χ4n) is 2.78. The molecule has 0 aliphatic rings. The molecular weight excluding hydrogens is 522 g/mol. The van der Waals surface area contributed by atoms with Crippen LogP contribution in [0, 0.1) is 18.3 Å². The van der Waals surface area contributed by atoms with Gasteiger partial charge in [-0.3, -0.25) is 4.79 Å². The lowest BCUT2D eigenvalue weighted by molar-refractivity contribution is 0.0955. The molecule has 7 heteroatoms. The molecular formula is C24H19Br2N3O2. The number of halogens is 2. The van der Waals surface area contributed by atoms with Crippen LogP contribution < -0.4 is 10.2 Å². The van der Waals surface area contributed by atoms with Gasteiger partial charge in [0.05, 0.1) is 26.3 Å². The second-order valence-corrected chi connectivity index (χ2v) is 8.58. The molecule has 0 aliphatic carbocycles. The van der Waals surface area contributed by atoms with E-state index in [1.807, 2.05) is 31.2 Å². The van der Waals surface area contributed by atoms with Crippen molar-refractivity contribution in [2.45, 2.75) is 20.5 Å². The van der Waals surface area contributed by atoms with Gasteiger partial charge in [-0.1, -0.05) is 24.3 Å². The van der Waals surface area contributed by atoms with E-state index in [-0.39, 0.29) is 5.91 Å². The molecule has 1 N–H and O–H groups in total. The molecule has 0 atom stereocenters. The number of carbonyl (C=O) groups excluding carboxylic acids is 1. The summed E-state index contributed by atoms with van der Waals surface area (Å²) in [4.78, 5) is 12.4. The first kappa shape index (κ1) is 22.7. The van der Waals surface area contributed by atoms with Crippen molar-refractivity contribution in [2.75, 3.05) is 0 Å². The quantitative estimate of drug-likeness (QED) is 0.302. The van der Waals surface area contributed by atoms with E-state index in [0.717, 1.165) is 31.4 Å². The van der Waals surface area contributed by atoms with Crippen molar-refractivity contribution in [2.24, 2.45) is 5.10 Å². The van der Waals surface area contributed by atoms with Gasteiger partial charge in [-0.25, -0.2) is 5.43 Å². The molecule has 1 amide bonds. The normalized spacial score (nSPS) is 11.0. The molecule has 0 aliphatic heterocycles. The predicted molar refractivity (Wildman–Crippen MR) is 128 cm³/mol. The average molecular weight is 541 g/mol. The van der Waals surface area contributed by atoms with Gasteiger partial charge in [0.1, 0.15) is 12.4 Å². The largest absolute Gasteiger partial charge is 0.487 e. The molecule has 0 unspecified atom stereocenters. The van der Waals surface area contributed by atoms with Crippen molar-refractivity contribution in [3.8, 4) is 11.8 Å². The Hall–Kier alpha value is -2.95. The van der Waals surface area contributed by atoms with E-state index < -0.39 is 0 Å². The summed E-state index contributed by atoms with van der Waals surface area (Å²) < 4.78 is 7.68. The second kappa shape index (κ2) is 10.4. The first-order chi connectivity index (χ1) is 14.9. The van der Waals surface area contributed by atoms with Crippen LogP contribution in [0.1, 0.15) is 39.5 Å². The number of nitrogens with one attached hydrogen (secondary N) is 1. The Morgan fingerprint density at radius 3 is 2.19 bits per heavy atom. The van der Waals surface area contributed by atoms with E-state index in [4.69, 9.17) is 10.00 Å².